The van der Waals surface area contributed by atoms with Gasteiger partial charge in [0.15, 0.2) is 0 Å². The number of carbonyl (C=O) groups is 2. The van der Waals surface area contributed by atoms with Crippen LogP contribution in [-0.2, 0) is 10.4 Å². The molecule has 2 heterocycles. The van der Waals surface area contributed by atoms with Crippen LogP contribution in [0.4, 0.5) is 18.9 Å². The molecule has 0 radical (unpaired) electrons. The first-order valence-corrected chi connectivity index (χ1v) is 13.7. The van der Waals surface area contributed by atoms with E-state index in [9.17, 15) is 27.9 Å². The summed E-state index contributed by atoms with van der Waals surface area (Å²) in [6.07, 6.45) is -0.970. The van der Waals surface area contributed by atoms with E-state index in [1.165, 1.54) is 17.0 Å². The van der Waals surface area contributed by atoms with Crippen molar-refractivity contribution in [2.45, 2.75) is 50.8 Å². The Hall–Kier alpha value is -2.78. The van der Waals surface area contributed by atoms with Crippen LogP contribution < -0.4 is 10.2 Å². The number of hydrogen-bond donors (Lipinski definition) is 2. The molecular weight excluding hydrogens is 531 g/mol. The van der Waals surface area contributed by atoms with Gasteiger partial charge in [0.1, 0.15) is 0 Å². The van der Waals surface area contributed by atoms with Gasteiger partial charge in [-0.1, -0.05) is 41.4 Å². The van der Waals surface area contributed by atoms with Crippen LogP contribution in [-0.4, -0.2) is 61.2 Å². The van der Waals surface area contributed by atoms with Crippen LogP contribution in [0.3, 0.4) is 0 Å². The second-order valence-electron chi connectivity index (χ2n) is 10.7. The van der Waals surface area contributed by atoms with E-state index in [0.717, 1.165) is 44.1 Å². The number of aliphatic hydroxyl groups is 1. The summed E-state index contributed by atoms with van der Waals surface area (Å²) in [6.45, 7) is 3.73. The van der Waals surface area contributed by atoms with Crippen molar-refractivity contribution < 1.29 is 27.9 Å². The normalized spacial score (nSPS) is 19.1. The third kappa shape index (κ3) is 6.19. The molecule has 6 nitrogen and oxygen atoms in total. The lowest BCUT2D eigenvalue weighted by molar-refractivity contribution is -0.262. The fourth-order valence-electron chi connectivity index (χ4n) is 5.80. The van der Waals surface area contributed by atoms with E-state index in [1.54, 1.807) is 26.1 Å². The highest BCUT2D eigenvalue weighted by atomic mass is 35.5. The first-order valence-electron chi connectivity index (χ1n) is 13.4. The van der Waals surface area contributed by atoms with Gasteiger partial charge < -0.3 is 20.2 Å². The van der Waals surface area contributed by atoms with Crippen LogP contribution in [0.25, 0.3) is 0 Å². The Morgan fingerprint density at radius 2 is 1.62 bits per heavy atom. The number of nitrogens with one attached hydrogen (secondary N) is 1. The molecule has 0 saturated carbocycles. The lowest BCUT2D eigenvalue weighted by Crippen LogP contribution is -2.57. The average molecular weight is 566 g/mol. The molecule has 0 bridgehead atoms. The summed E-state index contributed by atoms with van der Waals surface area (Å²) in [5.41, 5.74) is -2.05. The van der Waals surface area contributed by atoms with Gasteiger partial charge in [0.25, 0.3) is 17.4 Å². The number of halogens is 4. The number of anilines is 1. The Labute approximate surface area is 232 Å². The molecule has 2 amide bonds. The molecule has 10 heteroatoms. The molecule has 0 aromatic heterocycles. The molecule has 2 saturated heterocycles. The van der Waals surface area contributed by atoms with Crippen molar-refractivity contribution in [2.75, 3.05) is 38.1 Å². The largest absolute Gasteiger partial charge is 0.430 e. The van der Waals surface area contributed by atoms with Gasteiger partial charge in [-0.25, -0.2) is 0 Å². The van der Waals surface area contributed by atoms with Crippen molar-refractivity contribution in [3.05, 3.63) is 64.2 Å². The van der Waals surface area contributed by atoms with Crippen LogP contribution in [0.2, 0.25) is 5.02 Å². The minimum atomic E-state index is -5.13. The lowest BCUT2D eigenvalue weighted by atomic mass is 9.82. The molecule has 2 aromatic carbocycles. The number of piperidine rings is 2. The summed E-state index contributed by atoms with van der Waals surface area (Å²) in [4.78, 5) is 28.4. The van der Waals surface area contributed by atoms with Crippen molar-refractivity contribution in [1.82, 2.24) is 10.2 Å². The zero-order valence-corrected chi connectivity index (χ0v) is 23.0. The van der Waals surface area contributed by atoms with E-state index >= 15 is 0 Å². The molecule has 2 N–H and O–H groups in total. The van der Waals surface area contributed by atoms with E-state index in [2.05, 4.69) is 10.2 Å². The zero-order valence-electron chi connectivity index (χ0n) is 22.2. The predicted octanol–water partition coefficient (Wildman–Crippen LogP) is 5.30. The van der Waals surface area contributed by atoms with Crippen LogP contribution in [0, 0.1) is 18.8 Å². The van der Waals surface area contributed by atoms with Crippen LogP contribution >= 0.6 is 11.6 Å². The van der Waals surface area contributed by atoms with Crippen LogP contribution in [0.15, 0.2) is 42.5 Å². The summed E-state index contributed by atoms with van der Waals surface area (Å²) in [5, 5.41) is 13.7. The topological polar surface area (TPSA) is 72.9 Å². The maximum atomic E-state index is 14.0. The maximum absolute atomic E-state index is 14.0. The van der Waals surface area contributed by atoms with Crippen molar-refractivity contribution in [3.8, 4) is 0 Å². The molecule has 39 heavy (non-hydrogen) atoms. The highest BCUT2D eigenvalue weighted by Crippen LogP contribution is 2.42. The number of carbonyl (C=O) groups excluding carboxylic acids is 2. The van der Waals surface area contributed by atoms with Gasteiger partial charge >= 0.3 is 6.18 Å². The molecule has 1 unspecified atom stereocenters. The fourth-order valence-corrected chi connectivity index (χ4v) is 6.06. The molecule has 2 fully saturated rings. The Bertz CT molecular complexity index is 1190. The van der Waals surface area contributed by atoms with Crippen molar-refractivity contribution in [1.29, 1.82) is 0 Å². The SMILES string of the molecule is CNC(=O)c1ccc(N2CCC(CC3CCN(C(=O)C(O)(c4cccc(C)c4)C(F)(F)F)CC3)CC2)cc1Cl. The molecule has 2 aromatic rings. The predicted molar refractivity (Wildman–Crippen MR) is 145 cm³/mol. The highest BCUT2D eigenvalue weighted by molar-refractivity contribution is 6.34. The number of alkyl halides is 3. The number of nitrogens with zero attached hydrogens (tertiary/aromatic N) is 2. The van der Waals surface area contributed by atoms with Gasteiger partial charge in [0.2, 0.25) is 0 Å². The van der Waals surface area contributed by atoms with Gasteiger partial charge in [0, 0.05) is 44.5 Å². The molecule has 4 rings (SSSR count). The quantitative estimate of drug-likeness (QED) is 0.498. The Kier molecular flexibility index (Phi) is 8.81. The van der Waals surface area contributed by atoms with E-state index in [-0.39, 0.29) is 19.0 Å². The zero-order chi connectivity index (χ0) is 28.4. The molecule has 1 atom stereocenters. The third-order valence-electron chi connectivity index (χ3n) is 8.13. The summed E-state index contributed by atoms with van der Waals surface area (Å²) in [7, 11) is 1.56. The second kappa shape index (κ2) is 11.8. The number of hydrogen-bond acceptors (Lipinski definition) is 4. The standard InChI is InChI=1S/C29H35ClF3N3O3/c1-19-4-3-5-22(16-19)28(39,29(31,32)33)27(38)36-14-10-21(11-15-36)17-20-8-12-35(13-9-20)23-6-7-24(25(30)18-23)26(37)34-2/h3-7,16,18,20-21,39H,8-15,17H2,1-2H3,(H,34,37). The fraction of sp³-hybridized carbons (Fsp3) is 0.517. The first-order chi connectivity index (χ1) is 18.4. The van der Waals surface area contributed by atoms with Crippen molar-refractivity contribution in [2.24, 2.45) is 11.8 Å². The molecule has 2 aliphatic rings. The van der Waals surface area contributed by atoms with E-state index in [0.29, 0.717) is 40.8 Å². The van der Waals surface area contributed by atoms with E-state index in [4.69, 9.17) is 11.6 Å². The number of benzene rings is 2. The maximum Gasteiger partial charge on any atom is 0.430 e. The van der Waals surface area contributed by atoms with E-state index in [1.807, 2.05) is 12.1 Å². The molecular formula is C29H35ClF3N3O3. The Morgan fingerprint density at radius 3 is 2.15 bits per heavy atom. The van der Waals surface area contributed by atoms with Crippen molar-refractivity contribution in [3.63, 3.8) is 0 Å². The van der Waals surface area contributed by atoms with Gasteiger partial charge in [0.05, 0.1) is 10.6 Å². The van der Waals surface area contributed by atoms with Gasteiger partial charge in [-0.05, 0) is 69.1 Å². The van der Waals surface area contributed by atoms with Gasteiger partial charge in [-0.3, -0.25) is 9.59 Å². The first kappa shape index (κ1) is 29.2. The second-order valence-corrected chi connectivity index (χ2v) is 11.1. The van der Waals surface area contributed by atoms with Crippen LogP contribution in [0.5, 0.6) is 0 Å². The van der Waals surface area contributed by atoms with Crippen LogP contribution in [0.1, 0.15) is 53.6 Å². The summed E-state index contributed by atoms with van der Waals surface area (Å²) < 4.78 is 42.1. The average Bonchev–Trinajstić information content (AvgIpc) is 2.92. The minimum absolute atomic E-state index is 0.197. The van der Waals surface area contributed by atoms with Crippen molar-refractivity contribution >= 4 is 29.1 Å². The van der Waals surface area contributed by atoms with E-state index < -0.39 is 23.2 Å². The number of amides is 2. The highest BCUT2D eigenvalue weighted by Gasteiger charge is 2.62. The number of rotatable bonds is 6. The smallest absolute Gasteiger partial charge is 0.371 e. The van der Waals surface area contributed by atoms with Gasteiger partial charge in [-0.15, -0.1) is 0 Å². The summed E-state index contributed by atoms with van der Waals surface area (Å²) in [6, 6.07) is 10.9. The summed E-state index contributed by atoms with van der Waals surface area (Å²) >= 11 is 6.31. The molecule has 0 aliphatic carbocycles. The molecule has 2 aliphatic heterocycles. The number of aryl methyl sites for hydroxylation is 1. The minimum Gasteiger partial charge on any atom is -0.371 e. The number of likely N-dealkylation sites (tertiary alicyclic amines) is 1. The molecule has 0 spiro atoms. The molecule has 212 valence electrons. The Balaban J connectivity index is 1.31. The monoisotopic (exact) mass is 565 g/mol. The summed E-state index contributed by atoms with van der Waals surface area (Å²) in [5.74, 6) is -0.706. The Morgan fingerprint density at radius 1 is 1.00 bits per heavy atom. The lowest BCUT2D eigenvalue weighted by Gasteiger charge is -2.40. The third-order valence-corrected chi connectivity index (χ3v) is 8.44. The van der Waals surface area contributed by atoms with Gasteiger partial charge in [-0.2, -0.15) is 13.2 Å².